The van der Waals surface area contributed by atoms with Gasteiger partial charge in [-0.2, -0.15) is 12.6 Å². The van der Waals surface area contributed by atoms with Gasteiger partial charge in [-0.25, -0.2) is 0 Å². The lowest BCUT2D eigenvalue weighted by Gasteiger charge is -2.02. The molecule has 0 aromatic rings. The van der Waals surface area contributed by atoms with Crippen LogP contribution in [0.25, 0.3) is 0 Å². The normalized spacial score (nSPS) is 12.9. The molecule has 0 saturated carbocycles. The third-order valence-electron chi connectivity index (χ3n) is 1.19. The number of rotatable bonds is 4. The Kier molecular flexibility index (Phi) is 13.4. The molecule has 74 valence electrons. The first-order valence-electron chi connectivity index (χ1n) is 4.81. The van der Waals surface area contributed by atoms with Gasteiger partial charge in [-0.1, -0.05) is 27.7 Å². The molecule has 0 aromatic carbocycles. The Bertz CT molecular complexity index is 100. The summed E-state index contributed by atoms with van der Waals surface area (Å²) in [4.78, 5) is 4.34. The quantitative estimate of drug-likeness (QED) is 0.514. The zero-order valence-corrected chi connectivity index (χ0v) is 9.94. The van der Waals surface area contributed by atoms with Crippen molar-refractivity contribution in [1.29, 1.82) is 0 Å². The van der Waals surface area contributed by atoms with E-state index in [1.54, 1.807) is 0 Å². The van der Waals surface area contributed by atoms with E-state index in [2.05, 4.69) is 38.4 Å². The fraction of sp³-hybridized carbons (Fsp3) is 0.900. The largest absolute Gasteiger partial charge is 0.294 e. The van der Waals surface area contributed by atoms with E-state index in [9.17, 15) is 0 Å². The molecule has 0 aromatic heterocycles. The number of hydrogen-bond acceptors (Lipinski definition) is 2. The maximum atomic E-state index is 4.34. The van der Waals surface area contributed by atoms with E-state index in [4.69, 9.17) is 0 Å². The third kappa shape index (κ3) is 12.7. The molecule has 0 radical (unpaired) electrons. The van der Waals surface area contributed by atoms with Crippen LogP contribution in [0.1, 0.15) is 41.0 Å². The fourth-order valence-electron chi connectivity index (χ4n) is 0.580. The van der Waals surface area contributed by atoms with Crippen molar-refractivity contribution in [2.75, 3.05) is 5.75 Å². The minimum atomic E-state index is 0.444. The summed E-state index contributed by atoms with van der Waals surface area (Å²) >= 11 is 4.13. The summed E-state index contributed by atoms with van der Waals surface area (Å²) in [5, 5.41) is 0. The van der Waals surface area contributed by atoms with E-state index in [0.717, 1.165) is 12.2 Å². The van der Waals surface area contributed by atoms with Gasteiger partial charge in [-0.3, -0.25) is 4.99 Å². The maximum absolute atomic E-state index is 4.34. The van der Waals surface area contributed by atoms with Gasteiger partial charge in [0.25, 0.3) is 0 Å². The van der Waals surface area contributed by atoms with Crippen LogP contribution in [0, 0.1) is 5.92 Å². The van der Waals surface area contributed by atoms with Crippen LogP contribution in [0.2, 0.25) is 0 Å². The lowest BCUT2D eigenvalue weighted by atomic mass is 10.2. The van der Waals surface area contributed by atoms with Crippen molar-refractivity contribution >= 4 is 18.8 Å². The van der Waals surface area contributed by atoms with Crippen LogP contribution < -0.4 is 0 Å². The van der Waals surface area contributed by atoms with Crippen molar-refractivity contribution < 1.29 is 0 Å². The second-order valence-corrected chi connectivity index (χ2v) is 3.35. The van der Waals surface area contributed by atoms with Crippen LogP contribution in [0.15, 0.2) is 4.99 Å². The summed E-state index contributed by atoms with van der Waals surface area (Å²) in [5.41, 5.74) is 0. The lowest BCUT2D eigenvalue weighted by molar-refractivity contribution is 0.718. The highest BCUT2D eigenvalue weighted by atomic mass is 32.1. The smallest absolute Gasteiger partial charge is 0.0475 e. The van der Waals surface area contributed by atoms with Crippen LogP contribution in [0.3, 0.4) is 0 Å². The summed E-state index contributed by atoms with van der Waals surface area (Å²) in [7, 11) is 0. The zero-order valence-electron chi connectivity index (χ0n) is 9.04. The van der Waals surface area contributed by atoms with E-state index < -0.39 is 0 Å². The van der Waals surface area contributed by atoms with Gasteiger partial charge in [-0.15, -0.1) is 0 Å². The Labute approximate surface area is 83.1 Å². The Morgan fingerprint density at radius 2 is 1.75 bits per heavy atom. The van der Waals surface area contributed by atoms with Crippen molar-refractivity contribution in [3.63, 3.8) is 0 Å². The van der Waals surface area contributed by atoms with Gasteiger partial charge in [0.1, 0.15) is 0 Å². The van der Waals surface area contributed by atoms with E-state index in [0.29, 0.717) is 12.0 Å². The SMILES string of the molecule is CC.CC(C)C=NC(C)CCS. The highest BCUT2D eigenvalue weighted by molar-refractivity contribution is 7.80. The zero-order chi connectivity index (χ0) is 9.98. The van der Waals surface area contributed by atoms with E-state index >= 15 is 0 Å². The van der Waals surface area contributed by atoms with E-state index in [-0.39, 0.29) is 0 Å². The molecule has 2 heteroatoms. The van der Waals surface area contributed by atoms with Gasteiger partial charge in [0, 0.05) is 12.3 Å². The van der Waals surface area contributed by atoms with Crippen molar-refractivity contribution in [2.24, 2.45) is 10.9 Å². The first-order valence-corrected chi connectivity index (χ1v) is 5.44. The van der Waals surface area contributed by atoms with Crippen LogP contribution >= 0.6 is 12.6 Å². The molecule has 0 aliphatic carbocycles. The molecule has 0 aliphatic rings. The molecule has 0 heterocycles. The van der Waals surface area contributed by atoms with Gasteiger partial charge in [0.2, 0.25) is 0 Å². The molecule has 0 bridgehead atoms. The van der Waals surface area contributed by atoms with Crippen molar-refractivity contribution in [2.45, 2.75) is 47.1 Å². The van der Waals surface area contributed by atoms with Crippen LogP contribution in [0.5, 0.6) is 0 Å². The van der Waals surface area contributed by atoms with Gasteiger partial charge in [-0.05, 0) is 25.0 Å². The fourth-order valence-corrected chi connectivity index (χ4v) is 0.954. The summed E-state index contributed by atoms with van der Waals surface area (Å²) in [6.07, 6.45) is 3.08. The molecule has 1 unspecified atom stereocenters. The van der Waals surface area contributed by atoms with E-state index in [1.165, 1.54) is 0 Å². The first-order chi connectivity index (χ1) is 5.66. The number of hydrogen-bond donors (Lipinski definition) is 1. The molecule has 0 fully saturated rings. The molecule has 0 spiro atoms. The number of nitrogens with zero attached hydrogens (tertiary/aromatic N) is 1. The molecule has 0 rings (SSSR count). The van der Waals surface area contributed by atoms with Gasteiger partial charge < -0.3 is 0 Å². The van der Waals surface area contributed by atoms with Crippen molar-refractivity contribution in [3.8, 4) is 0 Å². The first kappa shape index (κ1) is 14.5. The van der Waals surface area contributed by atoms with E-state index in [1.807, 2.05) is 20.1 Å². The summed E-state index contributed by atoms with van der Waals surface area (Å²) in [6, 6.07) is 0.444. The molecular weight excluding hydrogens is 166 g/mol. The number of aliphatic imine (C=N–C) groups is 1. The predicted molar refractivity (Wildman–Crippen MR) is 62.6 cm³/mol. The second-order valence-electron chi connectivity index (χ2n) is 2.90. The minimum absolute atomic E-state index is 0.444. The van der Waals surface area contributed by atoms with Crippen molar-refractivity contribution in [1.82, 2.24) is 0 Å². The Balaban J connectivity index is 0. The molecule has 1 atom stereocenters. The third-order valence-corrected chi connectivity index (χ3v) is 1.44. The summed E-state index contributed by atoms with van der Waals surface area (Å²) < 4.78 is 0. The molecule has 12 heavy (non-hydrogen) atoms. The standard InChI is InChI=1S/C8H17NS.C2H6/c1-7(2)6-9-8(3)4-5-10;1-2/h6-8,10H,4-5H2,1-3H3;1-2H3. The Hall–Kier alpha value is 0.0200. The number of thiol groups is 1. The minimum Gasteiger partial charge on any atom is -0.294 e. The monoisotopic (exact) mass is 189 g/mol. The molecule has 0 saturated heterocycles. The van der Waals surface area contributed by atoms with Crippen LogP contribution in [0.4, 0.5) is 0 Å². The summed E-state index contributed by atoms with van der Waals surface area (Å²) in [5.74, 6) is 1.50. The molecule has 1 nitrogen and oxygen atoms in total. The van der Waals surface area contributed by atoms with Crippen LogP contribution in [-0.4, -0.2) is 18.0 Å². The van der Waals surface area contributed by atoms with Gasteiger partial charge >= 0.3 is 0 Å². The summed E-state index contributed by atoms with van der Waals surface area (Å²) in [6.45, 7) is 10.4. The maximum Gasteiger partial charge on any atom is 0.0475 e. The predicted octanol–water partition coefficient (Wildman–Crippen LogP) is 3.45. The second kappa shape index (κ2) is 11.0. The topological polar surface area (TPSA) is 12.4 Å². The van der Waals surface area contributed by atoms with Crippen LogP contribution in [-0.2, 0) is 0 Å². The van der Waals surface area contributed by atoms with Gasteiger partial charge in [0.15, 0.2) is 0 Å². The molecule has 0 amide bonds. The van der Waals surface area contributed by atoms with Crippen molar-refractivity contribution in [3.05, 3.63) is 0 Å². The lowest BCUT2D eigenvalue weighted by Crippen LogP contribution is -2.00. The highest BCUT2D eigenvalue weighted by Gasteiger charge is 1.94. The molecule has 0 N–H and O–H groups in total. The average molecular weight is 189 g/mol. The average Bonchev–Trinajstić information content (AvgIpc) is 2.05. The molecule has 0 aliphatic heterocycles. The highest BCUT2D eigenvalue weighted by Crippen LogP contribution is 1.98. The van der Waals surface area contributed by atoms with Gasteiger partial charge in [0.05, 0.1) is 0 Å². The Morgan fingerprint density at radius 1 is 1.25 bits per heavy atom. The molecular formula is C10H23NS. The Morgan fingerprint density at radius 3 is 2.08 bits per heavy atom.